The van der Waals surface area contributed by atoms with Gasteiger partial charge in [0.15, 0.2) is 22.8 Å². The van der Waals surface area contributed by atoms with E-state index in [1.807, 2.05) is 26.8 Å². The zero-order chi connectivity index (χ0) is 40.5. The number of aromatic nitrogens is 7. The first-order valence-corrected chi connectivity index (χ1v) is 18.7. The number of carbonyl (C=O) groups is 2. The van der Waals surface area contributed by atoms with Crippen LogP contribution in [0.3, 0.4) is 0 Å². The molecule has 2 aliphatic rings. The number of amides is 1. The Bertz CT molecular complexity index is 2320. The van der Waals surface area contributed by atoms with Gasteiger partial charge >= 0.3 is 6.09 Å². The first-order chi connectivity index (χ1) is 27.5. The van der Waals surface area contributed by atoms with E-state index < -0.39 is 5.60 Å². The highest BCUT2D eigenvalue weighted by Crippen LogP contribution is 2.30. The van der Waals surface area contributed by atoms with Crippen molar-refractivity contribution in [3.05, 3.63) is 75.6 Å². The number of ether oxygens (including phenoxy) is 5. The second kappa shape index (κ2) is 18.2. The third-order valence-electron chi connectivity index (χ3n) is 9.37. The highest BCUT2D eigenvalue weighted by atomic mass is 16.6. The van der Waals surface area contributed by atoms with Crippen LogP contribution in [0.4, 0.5) is 4.79 Å². The average Bonchev–Trinajstić information content (AvgIpc) is 3.45. The molecule has 0 spiro atoms. The predicted molar refractivity (Wildman–Crippen MR) is 208 cm³/mol. The maximum atomic E-state index is 13.4. The first-order valence-electron chi connectivity index (χ1n) is 18.7. The number of methoxy groups -OCH3 is 2. The van der Waals surface area contributed by atoms with Crippen LogP contribution in [-0.2, 0) is 29.2 Å². The van der Waals surface area contributed by atoms with E-state index in [0.29, 0.717) is 84.5 Å². The molecule has 0 saturated carbocycles. The number of likely N-dealkylation sites (tertiary alicyclic amines) is 1. The summed E-state index contributed by atoms with van der Waals surface area (Å²) in [7, 11) is 3.07. The second-order valence-electron chi connectivity index (χ2n) is 14.4. The Morgan fingerprint density at radius 2 is 1.39 bits per heavy atom. The van der Waals surface area contributed by atoms with Crippen LogP contribution < -0.4 is 30.1 Å². The summed E-state index contributed by atoms with van der Waals surface area (Å²) in [6.07, 6.45) is 9.85. The first kappa shape index (κ1) is 40.5. The Hall–Kier alpha value is -6.17. The van der Waals surface area contributed by atoms with Gasteiger partial charge in [0.1, 0.15) is 23.4 Å². The molecule has 57 heavy (non-hydrogen) atoms. The standard InChI is InChI=1S/C29H38N6O6.C10H9N3O3/c1-29(2,3)41-28(37)35(19-20-14-24-25(17-30-20)40-13-5-12-39-24)21-6-8-33(9-7-21)10-11-34-23-15-22(38-4)16-31-27(23)32-18-26(34)36;1-16-7-4-8-10(11-5-7)12-6-9(15)13(8)2-3-14/h14-18,21H,5-13,19H2,1-4H3;3-6H,2H2,1H3. The molecule has 0 atom stereocenters. The van der Waals surface area contributed by atoms with Gasteiger partial charge in [0.25, 0.3) is 11.1 Å². The summed E-state index contributed by atoms with van der Waals surface area (Å²) in [5.74, 6) is 2.36. The highest BCUT2D eigenvalue weighted by Gasteiger charge is 2.32. The molecule has 5 aromatic heterocycles. The van der Waals surface area contributed by atoms with E-state index in [1.54, 1.807) is 41.1 Å². The van der Waals surface area contributed by atoms with Crippen molar-refractivity contribution in [2.75, 3.05) is 47.1 Å². The lowest BCUT2D eigenvalue weighted by Gasteiger charge is -2.39. The molecule has 7 heterocycles. The molecule has 0 N–H and O–H groups in total. The molecule has 5 aromatic rings. The maximum Gasteiger partial charge on any atom is 0.410 e. The lowest BCUT2D eigenvalue weighted by molar-refractivity contribution is -0.108. The van der Waals surface area contributed by atoms with Gasteiger partial charge in [0.2, 0.25) is 0 Å². The molecule has 1 fully saturated rings. The Morgan fingerprint density at radius 3 is 1.98 bits per heavy atom. The van der Waals surface area contributed by atoms with E-state index in [2.05, 4.69) is 29.8 Å². The van der Waals surface area contributed by atoms with Crippen molar-refractivity contribution in [3.8, 4) is 23.0 Å². The minimum Gasteiger partial charge on any atom is -0.495 e. The number of piperidine rings is 1. The molecule has 0 unspecified atom stereocenters. The van der Waals surface area contributed by atoms with Crippen LogP contribution in [0.2, 0.25) is 0 Å². The average molecular weight is 786 g/mol. The molecule has 0 aromatic carbocycles. The number of nitrogens with zero attached hydrogens (tertiary/aromatic N) is 9. The highest BCUT2D eigenvalue weighted by molar-refractivity contribution is 5.73. The van der Waals surface area contributed by atoms with Crippen LogP contribution >= 0.6 is 0 Å². The Balaban J connectivity index is 0.000000286. The van der Waals surface area contributed by atoms with E-state index in [4.69, 9.17) is 23.7 Å². The van der Waals surface area contributed by atoms with Crippen LogP contribution in [-0.4, -0.2) is 115 Å². The molecule has 2 aliphatic heterocycles. The number of aldehydes is 1. The monoisotopic (exact) mass is 785 g/mol. The molecule has 1 saturated heterocycles. The van der Waals surface area contributed by atoms with Gasteiger partial charge < -0.3 is 37.9 Å². The van der Waals surface area contributed by atoms with E-state index in [-0.39, 0.29) is 29.8 Å². The fraction of sp³-hybridized carbons (Fsp3) is 0.462. The molecule has 302 valence electrons. The van der Waals surface area contributed by atoms with Crippen molar-refractivity contribution in [2.45, 2.75) is 71.3 Å². The van der Waals surface area contributed by atoms with E-state index in [0.717, 1.165) is 44.2 Å². The number of hydrogen-bond acceptors (Lipinski definition) is 15. The SMILES string of the molecule is COc1cnc2ncc(=O)n(CC=O)c2c1.COc1cnc2ncc(=O)n(CCN3CCC(N(Cc4cc5c(cn4)OCCCO5)C(=O)OC(C)(C)C)CC3)c2c1. The zero-order valence-corrected chi connectivity index (χ0v) is 32.8. The topological polar surface area (TPSA) is 195 Å². The third kappa shape index (κ3) is 10.2. The Kier molecular flexibility index (Phi) is 12.9. The lowest BCUT2D eigenvalue weighted by Crippen LogP contribution is -2.49. The van der Waals surface area contributed by atoms with Gasteiger partial charge in [0.05, 0.1) is 88.2 Å². The summed E-state index contributed by atoms with van der Waals surface area (Å²) < 4.78 is 30.6. The summed E-state index contributed by atoms with van der Waals surface area (Å²) >= 11 is 0. The minimum absolute atomic E-state index is 0.0168. The number of rotatable bonds is 10. The van der Waals surface area contributed by atoms with E-state index >= 15 is 0 Å². The van der Waals surface area contributed by atoms with Gasteiger partial charge in [-0.1, -0.05) is 0 Å². The molecular formula is C39H47N9O9. The van der Waals surface area contributed by atoms with Gasteiger partial charge in [-0.25, -0.2) is 24.7 Å². The molecule has 0 aliphatic carbocycles. The van der Waals surface area contributed by atoms with Gasteiger partial charge in [-0.15, -0.1) is 0 Å². The number of pyridine rings is 3. The van der Waals surface area contributed by atoms with Crippen molar-refractivity contribution in [1.29, 1.82) is 0 Å². The summed E-state index contributed by atoms with van der Waals surface area (Å²) in [6.45, 7) is 9.79. The fourth-order valence-electron chi connectivity index (χ4n) is 6.51. The minimum atomic E-state index is -0.619. The molecule has 18 heteroatoms. The number of hydrogen-bond donors (Lipinski definition) is 0. The maximum absolute atomic E-state index is 13.4. The summed E-state index contributed by atoms with van der Waals surface area (Å²) in [5, 5.41) is 0. The second-order valence-corrected chi connectivity index (χ2v) is 14.4. The van der Waals surface area contributed by atoms with Crippen molar-refractivity contribution < 1.29 is 33.3 Å². The summed E-state index contributed by atoms with van der Waals surface area (Å²) in [4.78, 5) is 73.0. The molecule has 18 nitrogen and oxygen atoms in total. The van der Waals surface area contributed by atoms with Crippen LogP contribution in [0, 0.1) is 0 Å². The quantitative estimate of drug-likeness (QED) is 0.187. The Labute approximate surface area is 328 Å². The van der Waals surface area contributed by atoms with Crippen molar-refractivity contribution >= 4 is 34.7 Å². The largest absolute Gasteiger partial charge is 0.495 e. The van der Waals surface area contributed by atoms with Crippen LogP contribution in [0.5, 0.6) is 23.0 Å². The van der Waals surface area contributed by atoms with Crippen molar-refractivity contribution in [1.82, 2.24) is 43.9 Å². The van der Waals surface area contributed by atoms with Gasteiger partial charge in [-0.05, 0) is 33.6 Å². The predicted octanol–water partition coefficient (Wildman–Crippen LogP) is 3.26. The number of fused-ring (bicyclic) bond motifs is 3. The smallest absolute Gasteiger partial charge is 0.410 e. The van der Waals surface area contributed by atoms with E-state index in [1.165, 1.54) is 24.1 Å². The third-order valence-corrected chi connectivity index (χ3v) is 9.37. The van der Waals surface area contributed by atoms with Gasteiger partial charge in [0, 0.05) is 56.8 Å². The van der Waals surface area contributed by atoms with Crippen LogP contribution in [0.25, 0.3) is 22.3 Å². The fourth-order valence-corrected chi connectivity index (χ4v) is 6.51. The van der Waals surface area contributed by atoms with Crippen LogP contribution in [0.1, 0.15) is 45.7 Å². The van der Waals surface area contributed by atoms with Crippen LogP contribution in [0.15, 0.2) is 58.8 Å². The molecule has 7 rings (SSSR count). The molecule has 1 amide bonds. The van der Waals surface area contributed by atoms with Gasteiger partial charge in [-0.3, -0.25) is 24.0 Å². The van der Waals surface area contributed by atoms with Gasteiger partial charge in [-0.2, -0.15) is 0 Å². The molecule has 0 bridgehead atoms. The molecular weight excluding hydrogens is 738 g/mol. The Morgan fingerprint density at radius 1 is 0.807 bits per heavy atom. The molecule has 0 radical (unpaired) electrons. The normalized spacial score (nSPS) is 14.6. The lowest BCUT2D eigenvalue weighted by atomic mass is 10.0. The summed E-state index contributed by atoms with van der Waals surface area (Å²) in [6, 6.07) is 5.25. The van der Waals surface area contributed by atoms with E-state index in [9.17, 15) is 19.2 Å². The van der Waals surface area contributed by atoms with Crippen molar-refractivity contribution in [2.24, 2.45) is 0 Å². The zero-order valence-electron chi connectivity index (χ0n) is 32.8. The number of carbonyl (C=O) groups excluding carboxylic acids is 2. The summed E-state index contributed by atoms with van der Waals surface area (Å²) in [5.41, 5.74) is 1.62. The van der Waals surface area contributed by atoms with Crippen molar-refractivity contribution in [3.63, 3.8) is 0 Å².